The van der Waals surface area contributed by atoms with E-state index in [1.165, 1.54) is 9.75 Å². The Labute approximate surface area is 127 Å². The van der Waals surface area contributed by atoms with Gasteiger partial charge in [0.25, 0.3) is 0 Å². The fourth-order valence-electron chi connectivity index (χ4n) is 1.91. The molecule has 4 nitrogen and oxygen atoms in total. The van der Waals surface area contributed by atoms with Crippen LogP contribution in [0.15, 0.2) is 22.5 Å². The van der Waals surface area contributed by atoms with Crippen LogP contribution in [-0.2, 0) is 12.8 Å². The van der Waals surface area contributed by atoms with Crippen molar-refractivity contribution >= 4 is 28.6 Å². The van der Waals surface area contributed by atoms with Crippen LogP contribution in [-0.4, -0.2) is 24.0 Å². The summed E-state index contributed by atoms with van der Waals surface area (Å²) in [4.78, 5) is 11.4. The van der Waals surface area contributed by atoms with Gasteiger partial charge in [-0.2, -0.15) is 0 Å². The van der Waals surface area contributed by atoms with Gasteiger partial charge in [0.15, 0.2) is 5.96 Å². The van der Waals surface area contributed by atoms with E-state index in [-0.39, 0.29) is 0 Å². The Bertz CT molecular complexity index is 558. The number of hydrogen-bond donors (Lipinski definition) is 2. The van der Waals surface area contributed by atoms with E-state index in [0.717, 1.165) is 30.1 Å². The van der Waals surface area contributed by atoms with Crippen LogP contribution in [0.3, 0.4) is 0 Å². The van der Waals surface area contributed by atoms with Gasteiger partial charge in [-0.25, -0.2) is 4.98 Å². The normalized spacial score (nSPS) is 11.8. The topological polar surface area (TPSA) is 63.3 Å². The molecule has 0 spiro atoms. The molecule has 3 N–H and O–H groups in total. The van der Waals surface area contributed by atoms with Crippen molar-refractivity contribution in [2.24, 2.45) is 10.7 Å². The molecule has 20 heavy (non-hydrogen) atoms. The van der Waals surface area contributed by atoms with Crippen molar-refractivity contribution in [2.75, 3.05) is 13.1 Å². The summed E-state index contributed by atoms with van der Waals surface area (Å²) >= 11 is 3.51. The standard InChI is InChI=1S/C14H20N4S2/c1-10-13(20-11(2)18-10)6-8-17-14(15)16-7-5-12-4-3-9-19-12/h3-4,9H,5-8H2,1-2H3,(H3,15,16,17). The van der Waals surface area contributed by atoms with Gasteiger partial charge in [0.2, 0.25) is 0 Å². The largest absolute Gasteiger partial charge is 0.370 e. The number of thiophene rings is 1. The SMILES string of the molecule is Cc1nc(C)c(CCN=C(N)NCCc2cccs2)s1. The first-order valence-corrected chi connectivity index (χ1v) is 8.34. The fourth-order valence-corrected chi connectivity index (χ4v) is 3.54. The Hall–Kier alpha value is -1.40. The molecular formula is C14H20N4S2. The lowest BCUT2D eigenvalue weighted by atomic mass is 10.3. The predicted molar refractivity (Wildman–Crippen MR) is 87.8 cm³/mol. The molecule has 108 valence electrons. The number of nitrogens with zero attached hydrogens (tertiary/aromatic N) is 2. The highest BCUT2D eigenvalue weighted by molar-refractivity contribution is 7.11. The zero-order chi connectivity index (χ0) is 14.4. The molecule has 6 heteroatoms. The van der Waals surface area contributed by atoms with Crippen LogP contribution < -0.4 is 11.1 Å². The number of guanidine groups is 1. The maximum atomic E-state index is 5.85. The average molecular weight is 308 g/mol. The van der Waals surface area contributed by atoms with Crippen LogP contribution in [0.4, 0.5) is 0 Å². The van der Waals surface area contributed by atoms with E-state index in [9.17, 15) is 0 Å². The molecule has 0 unspecified atom stereocenters. The third kappa shape index (κ3) is 4.61. The Morgan fingerprint density at radius 3 is 2.90 bits per heavy atom. The van der Waals surface area contributed by atoms with E-state index in [1.807, 2.05) is 13.8 Å². The number of nitrogens with two attached hydrogens (primary N) is 1. The van der Waals surface area contributed by atoms with Crippen LogP contribution in [0.25, 0.3) is 0 Å². The molecule has 0 aliphatic heterocycles. The molecule has 0 fully saturated rings. The van der Waals surface area contributed by atoms with Crippen molar-refractivity contribution in [3.05, 3.63) is 38.0 Å². The minimum absolute atomic E-state index is 0.528. The maximum absolute atomic E-state index is 5.85. The van der Waals surface area contributed by atoms with E-state index < -0.39 is 0 Å². The maximum Gasteiger partial charge on any atom is 0.188 e. The number of aromatic nitrogens is 1. The van der Waals surface area contributed by atoms with Crippen LogP contribution >= 0.6 is 22.7 Å². The highest BCUT2D eigenvalue weighted by Gasteiger charge is 2.03. The second-order valence-electron chi connectivity index (χ2n) is 4.51. The van der Waals surface area contributed by atoms with Crippen molar-refractivity contribution in [1.82, 2.24) is 10.3 Å². The Morgan fingerprint density at radius 2 is 2.25 bits per heavy atom. The van der Waals surface area contributed by atoms with E-state index in [1.54, 1.807) is 22.7 Å². The van der Waals surface area contributed by atoms with Crippen molar-refractivity contribution < 1.29 is 0 Å². The monoisotopic (exact) mass is 308 g/mol. The first kappa shape index (κ1) is 15.0. The molecule has 0 bridgehead atoms. The molecule has 2 aromatic rings. The van der Waals surface area contributed by atoms with Gasteiger partial charge in [-0.05, 0) is 31.7 Å². The summed E-state index contributed by atoms with van der Waals surface area (Å²) in [6.45, 7) is 5.62. The van der Waals surface area contributed by atoms with E-state index in [0.29, 0.717) is 12.5 Å². The molecular weight excluding hydrogens is 288 g/mol. The molecule has 2 rings (SSSR count). The summed E-state index contributed by atoms with van der Waals surface area (Å²) < 4.78 is 0. The lowest BCUT2D eigenvalue weighted by Crippen LogP contribution is -2.33. The Kier molecular flexibility index (Phi) is 5.55. The van der Waals surface area contributed by atoms with Crippen LogP contribution in [0.1, 0.15) is 20.5 Å². The second-order valence-corrected chi connectivity index (χ2v) is 6.83. The zero-order valence-corrected chi connectivity index (χ0v) is 13.5. The molecule has 0 aliphatic rings. The molecule has 0 atom stereocenters. The minimum Gasteiger partial charge on any atom is -0.370 e. The van der Waals surface area contributed by atoms with Crippen molar-refractivity contribution in [2.45, 2.75) is 26.7 Å². The summed E-state index contributed by atoms with van der Waals surface area (Å²) in [5, 5.41) is 6.35. The lowest BCUT2D eigenvalue weighted by molar-refractivity contribution is 0.852. The summed E-state index contributed by atoms with van der Waals surface area (Å²) in [7, 11) is 0. The van der Waals surface area contributed by atoms with Crippen molar-refractivity contribution in [3.8, 4) is 0 Å². The Morgan fingerprint density at radius 1 is 1.40 bits per heavy atom. The first-order valence-electron chi connectivity index (χ1n) is 6.64. The molecule has 2 aromatic heterocycles. The van der Waals surface area contributed by atoms with Gasteiger partial charge in [-0.1, -0.05) is 6.07 Å². The average Bonchev–Trinajstić information content (AvgIpc) is 3.00. The summed E-state index contributed by atoms with van der Waals surface area (Å²) in [5.41, 5.74) is 6.97. The van der Waals surface area contributed by atoms with Gasteiger partial charge < -0.3 is 11.1 Å². The number of nitrogens with one attached hydrogen (secondary N) is 1. The number of aryl methyl sites for hydroxylation is 2. The Balaban J connectivity index is 1.69. The van der Waals surface area contributed by atoms with Gasteiger partial charge in [-0.15, -0.1) is 22.7 Å². The second kappa shape index (κ2) is 7.40. The van der Waals surface area contributed by atoms with Gasteiger partial charge in [0.05, 0.1) is 10.7 Å². The summed E-state index contributed by atoms with van der Waals surface area (Å²) in [6.07, 6.45) is 1.89. The van der Waals surface area contributed by atoms with Crippen molar-refractivity contribution in [3.63, 3.8) is 0 Å². The van der Waals surface area contributed by atoms with E-state index in [2.05, 4.69) is 32.8 Å². The smallest absolute Gasteiger partial charge is 0.188 e. The van der Waals surface area contributed by atoms with Crippen LogP contribution in [0.5, 0.6) is 0 Å². The van der Waals surface area contributed by atoms with Gasteiger partial charge >= 0.3 is 0 Å². The highest BCUT2D eigenvalue weighted by atomic mass is 32.1. The summed E-state index contributed by atoms with van der Waals surface area (Å²) in [5.74, 6) is 0.528. The van der Waals surface area contributed by atoms with Gasteiger partial charge in [0.1, 0.15) is 0 Å². The molecule has 0 aliphatic carbocycles. The molecule has 0 saturated heterocycles. The zero-order valence-electron chi connectivity index (χ0n) is 11.8. The third-order valence-corrected chi connectivity index (χ3v) is 4.95. The molecule has 0 saturated carbocycles. The van der Waals surface area contributed by atoms with Crippen molar-refractivity contribution in [1.29, 1.82) is 0 Å². The predicted octanol–water partition coefficient (Wildman–Crippen LogP) is 2.51. The van der Waals surface area contributed by atoms with Gasteiger partial charge in [-0.3, -0.25) is 4.99 Å². The summed E-state index contributed by atoms with van der Waals surface area (Å²) in [6, 6.07) is 4.20. The van der Waals surface area contributed by atoms with Crippen LogP contribution in [0, 0.1) is 13.8 Å². The lowest BCUT2D eigenvalue weighted by Gasteiger charge is -2.04. The number of hydrogen-bond acceptors (Lipinski definition) is 4. The molecule has 2 heterocycles. The highest BCUT2D eigenvalue weighted by Crippen LogP contribution is 2.17. The molecule has 0 radical (unpaired) electrons. The number of rotatable bonds is 6. The number of thiazole rings is 1. The number of aliphatic imine (C=N–C) groups is 1. The van der Waals surface area contributed by atoms with E-state index >= 15 is 0 Å². The fraction of sp³-hybridized carbons (Fsp3) is 0.429. The third-order valence-electron chi connectivity index (χ3n) is 2.88. The molecule has 0 amide bonds. The quantitative estimate of drug-likeness (QED) is 0.636. The first-order chi connectivity index (χ1) is 9.65. The minimum atomic E-state index is 0.528. The molecule has 0 aromatic carbocycles. The van der Waals surface area contributed by atoms with E-state index in [4.69, 9.17) is 5.73 Å². The van der Waals surface area contributed by atoms with Gasteiger partial charge in [0, 0.05) is 29.3 Å². The van der Waals surface area contributed by atoms with Crippen LogP contribution in [0.2, 0.25) is 0 Å².